The van der Waals surface area contributed by atoms with Crippen molar-refractivity contribution in [2.45, 2.75) is 38.0 Å². The van der Waals surface area contributed by atoms with E-state index in [1.165, 1.54) is 12.3 Å². The molecule has 0 N–H and O–H groups in total. The van der Waals surface area contributed by atoms with Gasteiger partial charge in [-0.05, 0) is 55.7 Å². The molecule has 3 atom stereocenters. The van der Waals surface area contributed by atoms with Crippen molar-refractivity contribution in [1.82, 2.24) is 14.9 Å². The van der Waals surface area contributed by atoms with Gasteiger partial charge in [0.1, 0.15) is 11.9 Å². The maximum Gasteiger partial charge on any atom is 0.417 e. The van der Waals surface area contributed by atoms with Crippen molar-refractivity contribution in [1.29, 1.82) is 0 Å². The second-order valence-corrected chi connectivity index (χ2v) is 11.2. The molecule has 1 amide bonds. The average molecular weight is 593 g/mol. The van der Waals surface area contributed by atoms with Crippen LogP contribution in [0.25, 0.3) is 0 Å². The first-order chi connectivity index (χ1) is 19.1. The molecule has 2 aromatic heterocycles. The SMILES string of the molecule is C[C@H](Oc1ccc(Cl)cn1)[C@H]1CN(C(=O)C2CCN(c3ccc(C(F)(F)F)cn3)CC2)C[C@@H]1c1ccc(Cl)cc1. The Morgan fingerprint density at radius 3 is 2.25 bits per heavy atom. The number of halogens is 5. The van der Waals surface area contributed by atoms with Gasteiger partial charge >= 0.3 is 6.18 Å². The topological polar surface area (TPSA) is 58.6 Å². The lowest BCUT2D eigenvalue weighted by Gasteiger charge is -2.34. The quantitative estimate of drug-likeness (QED) is 0.318. The number of alkyl halides is 3. The number of nitrogens with zero attached hydrogens (tertiary/aromatic N) is 4. The molecule has 6 nitrogen and oxygen atoms in total. The number of anilines is 1. The molecule has 2 aliphatic heterocycles. The molecule has 2 fully saturated rings. The van der Waals surface area contributed by atoms with Crippen LogP contribution in [0.1, 0.15) is 36.8 Å². The molecule has 1 aromatic carbocycles. The van der Waals surface area contributed by atoms with E-state index in [4.69, 9.17) is 27.9 Å². The van der Waals surface area contributed by atoms with Crippen LogP contribution in [0, 0.1) is 11.8 Å². The van der Waals surface area contributed by atoms with Gasteiger partial charge in [0.15, 0.2) is 0 Å². The van der Waals surface area contributed by atoms with Crippen LogP contribution < -0.4 is 9.64 Å². The predicted octanol–water partition coefficient (Wildman–Crippen LogP) is 6.73. The molecule has 0 radical (unpaired) electrons. The molecule has 0 spiro atoms. The Balaban J connectivity index is 1.25. The molecule has 4 heterocycles. The molecule has 5 rings (SSSR count). The summed E-state index contributed by atoms with van der Waals surface area (Å²) in [5, 5.41) is 1.17. The predicted molar refractivity (Wildman–Crippen MR) is 148 cm³/mol. The number of likely N-dealkylation sites (tertiary alicyclic amines) is 1. The highest BCUT2D eigenvalue weighted by molar-refractivity contribution is 6.30. The Morgan fingerprint density at radius 1 is 0.950 bits per heavy atom. The van der Waals surface area contributed by atoms with E-state index in [1.54, 1.807) is 12.1 Å². The summed E-state index contributed by atoms with van der Waals surface area (Å²) in [5.41, 5.74) is 0.317. The third-order valence-corrected chi connectivity index (χ3v) is 8.30. The molecule has 0 bridgehead atoms. The Bertz CT molecular complexity index is 1300. The number of piperidine rings is 1. The summed E-state index contributed by atoms with van der Waals surface area (Å²) in [5.74, 6) is 0.979. The fourth-order valence-electron chi connectivity index (χ4n) is 5.61. The van der Waals surface area contributed by atoms with E-state index in [1.807, 2.05) is 41.0 Å². The summed E-state index contributed by atoms with van der Waals surface area (Å²) in [7, 11) is 0. The van der Waals surface area contributed by atoms with Crippen LogP contribution in [-0.4, -0.2) is 53.1 Å². The Kier molecular flexibility index (Phi) is 8.42. The Hall–Kier alpha value is -3.04. The molecular formula is C29H29Cl2F3N4O2. The van der Waals surface area contributed by atoms with E-state index in [0.29, 0.717) is 60.8 Å². The number of pyridine rings is 2. The van der Waals surface area contributed by atoms with Crippen LogP contribution >= 0.6 is 23.2 Å². The number of rotatable bonds is 6. The smallest absolute Gasteiger partial charge is 0.417 e. The largest absolute Gasteiger partial charge is 0.474 e. The van der Waals surface area contributed by atoms with E-state index < -0.39 is 11.7 Å². The number of carbonyl (C=O) groups is 1. The van der Waals surface area contributed by atoms with E-state index in [9.17, 15) is 18.0 Å². The molecule has 3 aromatic rings. The Labute approximate surface area is 241 Å². The number of amides is 1. The van der Waals surface area contributed by atoms with Crippen molar-refractivity contribution >= 4 is 34.9 Å². The van der Waals surface area contributed by atoms with Gasteiger partial charge in [-0.15, -0.1) is 0 Å². The Morgan fingerprint density at radius 2 is 1.65 bits per heavy atom. The molecular weight excluding hydrogens is 564 g/mol. The highest BCUT2D eigenvalue weighted by atomic mass is 35.5. The highest BCUT2D eigenvalue weighted by Gasteiger charge is 2.42. The third-order valence-electron chi connectivity index (χ3n) is 7.83. The first-order valence-corrected chi connectivity index (χ1v) is 13.9. The van der Waals surface area contributed by atoms with Crippen LogP contribution in [0.15, 0.2) is 60.9 Å². The second kappa shape index (κ2) is 11.8. The summed E-state index contributed by atoms with van der Waals surface area (Å²) in [4.78, 5) is 25.8. The maximum atomic E-state index is 13.7. The average Bonchev–Trinajstić information content (AvgIpc) is 3.40. The van der Waals surface area contributed by atoms with Crippen LogP contribution in [0.5, 0.6) is 5.88 Å². The minimum absolute atomic E-state index is 0.0269. The summed E-state index contributed by atoms with van der Waals surface area (Å²) >= 11 is 12.1. The van der Waals surface area contributed by atoms with Gasteiger partial charge in [0.25, 0.3) is 0 Å². The molecule has 40 heavy (non-hydrogen) atoms. The van der Waals surface area contributed by atoms with Gasteiger partial charge in [-0.3, -0.25) is 4.79 Å². The van der Waals surface area contributed by atoms with Gasteiger partial charge in [-0.1, -0.05) is 35.3 Å². The molecule has 0 unspecified atom stereocenters. The lowest BCUT2D eigenvalue weighted by molar-refractivity contribution is -0.138. The van der Waals surface area contributed by atoms with Crippen LogP contribution in [0.3, 0.4) is 0 Å². The third kappa shape index (κ3) is 6.47. The second-order valence-electron chi connectivity index (χ2n) is 10.4. The first-order valence-electron chi connectivity index (χ1n) is 13.2. The van der Waals surface area contributed by atoms with Gasteiger partial charge in [0, 0.05) is 67.4 Å². The van der Waals surface area contributed by atoms with Gasteiger partial charge in [-0.25, -0.2) is 9.97 Å². The normalized spacial score (nSPS) is 20.9. The lowest BCUT2D eigenvalue weighted by atomic mass is 9.86. The zero-order valence-electron chi connectivity index (χ0n) is 21.8. The van der Waals surface area contributed by atoms with Gasteiger partial charge in [0.05, 0.1) is 10.6 Å². The molecule has 11 heteroatoms. The molecule has 2 saturated heterocycles. The van der Waals surface area contributed by atoms with E-state index in [0.717, 1.165) is 17.8 Å². The van der Waals surface area contributed by atoms with E-state index >= 15 is 0 Å². The summed E-state index contributed by atoms with van der Waals surface area (Å²) in [6, 6.07) is 13.6. The number of ether oxygens (including phenoxy) is 1. The highest BCUT2D eigenvalue weighted by Crippen LogP contribution is 2.38. The van der Waals surface area contributed by atoms with Crippen molar-refractivity contribution in [3.05, 3.63) is 82.1 Å². The number of benzene rings is 1. The minimum Gasteiger partial charge on any atom is -0.474 e. The maximum absolute atomic E-state index is 13.7. The number of carbonyl (C=O) groups excluding carboxylic acids is 1. The zero-order valence-corrected chi connectivity index (χ0v) is 23.3. The monoisotopic (exact) mass is 592 g/mol. The number of hydrogen-bond acceptors (Lipinski definition) is 5. The molecule has 0 saturated carbocycles. The molecule has 212 valence electrons. The van der Waals surface area contributed by atoms with Crippen molar-refractivity contribution < 1.29 is 22.7 Å². The van der Waals surface area contributed by atoms with Crippen molar-refractivity contribution in [3.63, 3.8) is 0 Å². The number of aromatic nitrogens is 2. The van der Waals surface area contributed by atoms with Gasteiger partial charge in [-0.2, -0.15) is 13.2 Å². The lowest BCUT2D eigenvalue weighted by Crippen LogP contribution is -2.42. The molecule has 0 aliphatic carbocycles. The van der Waals surface area contributed by atoms with Gasteiger partial charge < -0.3 is 14.5 Å². The van der Waals surface area contributed by atoms with Crippen molar-refractivity contribution in [2.75, 3.05) is 31.1 Å². The fourth-order valence-corrected chi connectivity index (χ4v) is 5.85. The van der Waals surface area contributed by atoms with Crippen LogP contribution in [0.2, 0.25) is 10.0 Å². The fraction of sp³-hybridized carbons (Fsp3) is 0.414. The van der Waals surface area contributed by atoms with Crippen LogP contribution in [0.4, 0.5) is 19.0 Å². The van der Waals surface area contributed by atoms with Gasteiger partial charge in [0.2, 0.25) is 11.8 Å². The summed E-state index contributed by atoms with van der Waals surface area (Å²) < 4.78 is 44.8. The first kappa shape index (κ1) is 28.5. The van der Waals surface area contributed by atoms with E-state index in [2.05, 4.69) is 9.97 Å². The van der Waals surface area contributed by atoms with Crippen molar-refractivity contribution in [3.8, 4) is 5.88 Å². The number of hydrogen-bond donors (Lipinski definition) is 0. The molecule has 2 aliphatic rings. The standard InChI is InChI=1S/C29H29Cl2F3N4O2/c1-18(40-27-9-7-23(31)15-36-27)24-16-38(17-25(24)19-2-5-22(30)6-3-19)28(39)20-10-12-37(13-11-20)26-8-4-21(14-35-26)29(32,33)34/h2-9,14-15,18,20,24-25H,10-13,16-17H2,1H3/t18-,24+,25+/m0/s1. The minimum atomic E-state index is -4.42. The van der Waals surface area contributed by atoms with Crippen LogP contribution in [-0.2, 0) is 11.0 Å². The van der Waals surface area contributed by atoms with Crippen molar-refractivity contribution in [2.24, 2.45) is 11.8 Å². The van der Waals surface area contributed by atoms with E-state index in [-0.39, 0.29) is 29.8 Å². The summed E-state index contributed by atoms with van der Waals surface area (Å²) in [6.07, 6.45) is -1.03. The summed E-state index contributed by atoms with van der Waals surface area (Å²) in [6.45, 7) is 4.20. The zero-order chi connectivity index (χ0) is 28.4.